The van der Waals surface area contributed by atoms with Crippen LogP contribution < -0.4 is 0 Å². The molecule has 140 valence electrons. The quantitative estimate of drug-likeness (QED) is 0.307. The van der Waals surface area contributed by atoms with Crippen LogP contribution in [0, 0.1) is 0 Å². The Morgan fingerprint density at radius 2 is 1.39 bits per heavy atom. The van der Waals surface area contributed by atoms with Gasteiger partial charge in [-0.1, -0.05) is 36.4 Å². The van der Waals surface area contributed by atoms with Crippen molar-refractivity contribution in [1.82, 2.24) is 4.40 Å². The third-order valence-corrected chi connectivity index (χ3v) is 4.92. The second-order valence-electron chi connectivity index (χ2n) is 6.41. The Bertz CT molecular complexity index is 1300. The first-order valence-electron chi connectivity index (χ1n) is 8.66. The maximum absolute atomic E-state index is 12.6. The highest BCUT2D eigenvalue weighted by atomic mass is 16.5. The normalized spacial score (nSPS) is 11.1. The fourth-order valence-corrected chi connectivity index (χ4v) is 3.76. The number of nitrogens with zero attached hydrogens (tertiary/aromatic N) is 1. The molecule has 0 aliphatic heterocycles. The second kappa shape index (κ2) is 6.49. The van der Waals surface area contributed by atoms with Crippen molar-refractivity contribution in [2.45, 2.75) is 6.92 Å². The van der Waals surface area contributed by atoms with Crippen molar-refractivity contribution in [2.24, 2.45) is 0 Å². The summed E-state index contributed by atoms with van der Waals surface area (Å²) >= 11 is 0. The summed E-state index contributed by atoms with van der Waals surface area (Å²) in [5.41, 5.74) is 1.17. The van der Waals surface area contributed by atoms with Gasteiger partial charge in [-0.05, 0) is 22.9 Å². The van der Waals surface area contributed by atoms with Crippen molar-refractivity contribution < 1.29 is 23.9 Å². The first kappa shape index (κ1) is 17.7. The Morgan fingerprint density at radius 3 is 2.07 bits per heavy atom. The van der Waals surface area contributed by atoms with Crippen molar-refractivity contribution in [3.05, 3.63) is 65.4 Å². The minimum atomic E-state index is -0.761. The van der Waals surface area contributed by atoms with Gasteiger partial charge in [-0.15, -0.1) is 0 Å². The van der Waals surface area contributed by atoms with Crippen molar-refractivity contribution in [1.29, 1.82) is 0 Å². The van der Waals surface area contributed by atoms with Crippen LogP contribution in [-0.2, 0) is 9.47 Å². The summed E-state index contributed by atoms with van der Waals surface area (Å²) in [6.45, 7) is 1.36. The number of hydrogen-bond donors (Lipinski definition) is 0. The number of esters is 2. The minimum Gasteiger partial charge on any atom is -0.465 e. The molecule has 0 bridgehead atoms. The molecule has 0 spiro atoms. The van der Waals surface area contributed by atoms with E-state index in [0.717, 1.165) is 16.2 Å². The van der Waals surface area contributed by atoms with Gasteiger partial charge in [0.05, 0.1) is 25.3 Å². The lowest BCUT2D eigenvalue weighted by Gasteiger charge is -2.09. The Kier molecular flexibility index (Phi) is 4.11. The maximum atomic E-state index is 12.6. The molecule has 0 saturated heterocycles. The van der Waals surface area contributed by atoms with Gasteiger partial charge in [0.1, 0.15) is 16.8 Å². The molecule has 0 saturated carbocycles. The van der Waals surface area contributed by atoms with Crippen molar-refractivity contribution in [3.63, 3.8) is 0 Å². The van der Waals surface area contributed by atoms with Gasteiger partial charge in [0.15, 0.2) is 5.78 Å². The highest BCUT2D eigenvalue weighted by molar-refractivity contribution is 6.17. The second-order valence-corrected chi connectivity index (χ2v) is 6.41. The fourth-order valence-electron chi connectivity index (χ4n) is 3.76. The highest BCUT2D eigenvalue weighted by Gasteiger charge is 2.32. The molecule has 6 heteroatoms. The van der Waals surface area contributed by atoms with Crippen LogP contribution in [0.2, 0.25) is 0 Å². The number of carbonyl (C=O) groups is 3. The van der Waals surface area contributed by atoms with E-state index in [2.05, 4.69) is 0 Å². The lowest BCUT2D eigenvalue weighted by molar-refractivity contribution is 0.0556. The predicted molar refractivity (Wildman–Crippen MR) is 105 cm³/mol. The fraction of sp³-hybridized carbons (Fsp3) is 0.136. The summed E-state index contributed by atoms with van der Waals surface area (Å²) in [5.74, 6) is -1.82. The van der Waals surface area contributed by atoms with Crippen LogP contribution in [0.5, 0.6) is 0 Å². The molecule has 0 unspecified atom stereocenters. The number of fused-ring (bicyclic) bond motifs is 5. The monoisotopic (exact) mass is 375 g/mol. The Morgan fingerprint density at radius 1 is 0.750 bits per heavy atom. The standard InChI is InChI=1S/C22H17NO5/c1-12(24)20-19(22(26)28-3)18(21(25)27-2)17-11-9-15-14-7-5-4-6-13(14)8-10-16(15)23(17)20/h4-11H,1-3H3. The molecule has 0 N–H and O–H groups in total. The number of ether oxygens (including phenoxy) is 2. The van der Waals surface area contributed by atoms with E-state index in [0.29, 0.717) is 11.0 Å². The summed E-state index contributed by atoms with van der Waals surface area (Å²) in [7, 11) is 2.44. The molecular weight excluding hydrogens is 358 g/mol. The molecule has 0 amide bonds. The molecular formula is C22H17NO5. The van der Waals surface area contributed by atoms with E-state index >= 15 is 0 Å². The number of Topliss-reactive ketones (excluding diaryl/α,β-unsaturated/α-hetero) is 1. The average Bonchev–Trinajstić information content (AvgIpc) is 3.08. The topological polar surface area (TPSA) is 74.1 Å². The van der Waals surface area contributed by atoms with Gasteiger partial charge in [0.2, 0.25) is 0 Å². The largest absolute Gasteiger partial charge is 0.465 e. The van der Waals surface area contributed by atoms with Gasteiger partial charge in [-0.3, -0.25) is 4.79 Å². The van der Waals surface area contributed by atoms with Crippen LogP contribution in [0.4, 0.5) is 0 Å². The highest BCUT2D eigenvalue weighted by Crippen LogP contribution is 2.33. The van der Waals surface area contributed by atoms with E-state index in [1.807, 2.05) is 42.5 Å². The van der Waals surface area contributed by atoms with Gasteiger partial charge in [-0.25, -0.2) is 9.59 Å². The summed E-state index contributed by atoms with van der Waals surface area (Å²) in [4.78, 5) is 37.6. The molecule has 0 radical (unpaired) electrons. The summed E-state index contributed by atoms with van der Waals surface area (Å²) < 4.78 is 11.4. The van der Waals surface area contributed by atoms with Crippen LogP contribution >= 0.6 is 0 Å². The Hall–Kier alpha value is -3.67. The Labute approximate surface area is 160 Å². The molecule has 2 heterocycles. The van der Waals surface area contributed by atoms with Crippen LogP contribution in [-0.4, -0.2) is 36.3 Å². The number of hydrogen-bond acceptors (Lipinski definition) is 5. The lowest BCUT2D eigenvalue weighted by Crippen LogP contribution is -2.13. The molecule has 0 atom stereocenters. The molecule has 2 aromatic carbocycles. The minimum absolute atomic E-state index is 0.0228. The molecule has 0 fully saturated rings. The zero-order chi connectivity index (χ0) is 20.0. The number of carbonyl (C=O) groups excluding carboxylic acids is 3. The van der Waals surface area contributed by atoms with Crippen LogP contribution in [0.15, 0.2) is 48.5 Å². The van der Waals surface area contributed by atoms with Crippen molar-refractivity contribution in [3.8, 4) is 0 Å². The van der Waals surface area contributed by atoms with Gasteiger partial charge < -0.3 is 13.9 Å². The van der Waals surface area contributed by atoms with Crippen LogP contribution in [0.3, 0.4) is 0 Å². The zero-order valence-corrected chi connectivity index (χ0v) is 15.6. The van der Waals surface area contributed by atoms with Gasteiger partial charge in [0, 0.05) is 12.3 Å². The third kappa shape index (κ3) is 2.38. The van der Waals surface area contributed by atoms with E-state index < -0.39 is 11.9 Å². The number of ketones is 1. The van der Waals surface area contributed by atoms with E-state index in [1.165, 1.54) is 21.1 Å². The van der Waals surface area contributed by atoms with Gasteiger partial charge >= 0.3 is 11.9 Å². The Balaban J connectivity index is 2.28. The summed E-state index contributed by atoms with van der Waals surface area (Å²) in [5, 5.41) is 2.95. The number of aromatic nitrogens is 1. The van der Waals surface area contributed by atoms with E-state index in [1.54, 1.807) is 10.5 Å². The smallest absolute Gasteiger partial charge is 0.341 e. The third-order valence-electron chi connectivity index (χ3n) is 4.92. The molecule has 0 aliphatic carbocycles. The van der Waals surface area contributed by atoms with Gasteiger partial charge in [0.25, 0.3) is 0 Å². The molecule has 28 heavy (non-hydrogen) atoms. The van der Waals surface area contributed by atoms with Crippen LogP contribution in [0.25, 0.3) is 27.2 Å². The van der Waals surface area contributed by atoms with E-state index in [-0.39, 0.29) is 22.6 Å². The lowest BCUT2D eigenvalue weighted by atomic mass is 10.0. The van der Waals surface area contributed by atoms with E-state index in [9.17, 15) is 14.4 Å². The maximum Gasteiger partial charge on any atom is 0.341 e. The SMILES string of the molecule is COC(=O)c1c(C(=O)OC)c2ccc3c4ccccc4ccc3n2c1C(C)=O. The number of rotatable bonds is 3. The average molecular weight is 375 g/mol. The summed E-state index contributed by atoms with van der Waals surface area (Å²) in [6.07, 6.45) is 0. The van der Waals surface area contributed by atoms with Crippen molar-refractivity contribution >= 4 is 44.9 Å². The number of methoxy groups -OCH3 is 2. The number of pyridine rings is 1. The first-order valence-corrected chi connectivity index (χ1v) is 8.66. The molecule has 2 aromatic heterocycles. The van der Waals surface area contributed by atoms with Crippen LogP contribution in [0.1, 0.15) is 38.1 Å². The predicted octanol–water partition coefficient (Wildman–Crippen LogP) is 4.02. The molecule has 6 nitrogen and oxygen atoms in total. The summed E-state index contributed by atoms with van der Waals surface area (Å²) in [6, 6.07) is 15.3. The van der Waals surface area contributed by atoms with Crippen molar-refractivity contribution in [2.75, 3.05) is 14.2 Å². The molecule has 4 rings (SSSR count). The number of benzene rings is 2. The zero-order valence-electron chi connectivity index (χ0n) is 15.6. The molecule has 4 aromatic rings. The molecule has 0 aliphatic rings. The first-order chi connectivity index (χ1) is 13.5. The van der Waals surface area contributed by atoms with E-state index in [4.69, 9.17) is 9.47 Å². The van der Waals surface area contributed by atoms with Gasteiger partial charge in [-0.2, -0.15) is 0 Å².